The summed E-state index contributed by atoms with van der Waals surface area (Å²) in [6.07, 6.45) is -2.61. The standard InChI is InChI=1S/C23H30F2N4O4/c1-13(2)11-16(26-21(31)14-5-7-15(8-6-14)27(3)4)22(32)28-10-9-17-19(28)18(30)12-29(17)23(33)20(24)25/h5-8,13,16-17,19-20H,9-12H2,1-4H3,(H,26,31)/t16-,17?,19-/m0/s1. The quantitative estimate of drug-likeness (QED) is 0.661. The number of carbonyl (C=O) groups excluding carboxylic acids is 4. The number of anilines is 1. The molecular weight excluding hydrogens is 434 g/mol. The smallest absolute Gasteiger partial charge is 0.315 e. The van der Waals surface area contributed by atoms with Crippen molar-refractivity contribution in [3.63, 3.8) is 0 Å². The van der Waals surface area contributed by atoms with E-state index in [1.165, 1.54) is 4.90 Å². The van der Waals surface area contributed by atoms with Crippen molar-refractivity contribution >= 4 is 29.2 Å². The first-order chi connectivity index (χ1) is 15.5. The molecule has 1 N–H and O–H groups in total. The topological polar surface area (TPSA) is 90.0 Å². The van der Waals surface area contributed by atoms with Gasteiger partial charge in [0, 0.05) is 31.9 Å². The molecule has 0 aliphatic carbocycles. The van der Waals surface area contributed by atoms with Crippen molar-refractivity contribution < 1.29 is 28.0 Å². The van der Waals surface area contributed by atoms with Crippen LogP contribution in [0.25, 0.3) is 0 Å². The number of hydrogen-bond donors (Lipinski definition) is 1. The number of carbonyl (C=O) groups is 4. The molecule has 3 amide bonds. The van der Waals surface area contributed by atoms with Crippen molar-refractivity contribution in [2.45, 2.75) is 51.2 Å². The summed E-state index contributed by atoms with van der Waals surface area (Å²) in [7, 11) is 3.77. The first kappa shape index (κ1) is 24.6. The molecule has 180 valence electrons. The highest BCUT2D eigenvalue weighted by Gasteiger charge is 2.53. The highest BCUT2D eigenvalue weighted by Crippen LogP contribution is 2.31. The lowest BCUT2D eigenvalue weighted by atomic mass is 10.0. The predicted molar refractivity (Wildman–Crippen MR) is 118 cm³/mol. The Morgan fingerprint density at radius 3 is 2.27 bits per heavy atom. The molecule has 33 heavy (non-hydrogen) atoms. The number of ketones is 1. The lowest BCUT2D eigenvalue weighted by molar-refractivity contribution is -0.144. The van der Waals surface area contributed by atoms with Crippen LogP contribution in [-0.2, 0) is 14.4 Å². The third-order valence-corrected chi connectivity index (χ3v) is 6.13. The van der Waals surface area contributed by atoms with Crippen LogP contribution < -0.4 is 10.2 Å². The van der Waals surface area contributed by atoms with Gasteiger partial charge >= 0.3 is 6.43 Å². The number of Topliss-reactive ketones (excluding diaryl/α,β-unsaturated/α-hetero) is 1. The fraction of sp³-hybridized carbons (Fsp3) is 0.565. The summed E-state index contributed by atoms with van der Waals surface area (Å²) in [5, 5.41) is 2.78. The second-order valence-electron chi connectivity index (χ2n) is 9.16. The Bertz CT molecular complexity index is 920. The van der Waals surface area contributed by atoms with E-state index in [9.17, 15) is 28.0 Å². The van der Waals surface area contributed by atoms with Gasteiger partial charge in [-0.2, -0.15) is 8.78 Å². The summed E-state index contributed by atoms with van der Waals surface area (Å²) in [6.45, 7) is 3.56. The van der Waals surface area contributed by atoms with Crippen molar-refractivity contribution in [2.75, 3.05) is 32.1 Å². The Labute approximate surface area is 191 Å². The average Bonchev–Trinajstić information content (AvgIpc) is 3.33. The van der Waals surface area contributed by atoms with E-state index in [2.05, 4.69) is 5.32 Å². The zero-order valence-electron chi connectivity index (χ0n) is 19.3. The summed E-state index contributed by atoms with van der Waals surface area (Å²) in [5.74, 6) is -2.60. The number of likely N-dealkylation sites (tertiary alicyclic amines) is 2. The SMILES string of the molecule is CC(C)C[C@H](NC(=O)c1ccc(N(C)C)cc1)C(=O)N1CCC2[C@H]1C(=O)CN2C(=O)C(F)F. The molecule has 2 aliphatic heterocycles. The minimum absolute atomic E-state index is 0.0740. The summed E-state index contributed by atoms with van der Waals surface area (Å²) < 4.78 is 25.9. The van der Waals surface area contributed by atoms with Gasteiger partial charge in [-0.1, -0.05) is 13.8 Å². The van der Waals surface area contributed by atoms with Crippen LogP contribution >= 0.6 is 0 Å². The van der Waals surface area contributed by atoms with Gasteiger partial charge in [0.2, 0.25) is 5.91 Å². The van der Waals surface area contributed by atoms with Gasteiger partial charge in [-0.15, -0.1) is 0 Å². The third kappa shape index (κ3) is 5.15. The maximum atomic E-state index is 13.4. The van der Waals surface area contributed by atoms with E-state index in [1.54, 1.807) is 24.3 Å². The lowest BCUT2D eigenvalue weighted by Crippen LogP contribution is -2.53. The summed E-state index contributed by atoms with van der Waals surface area (Å²) in [4.78, 5) is 54.7. The van der Waals surface area contributed by atoms with Gasteiger partial charge in [0.05, 0.1) is 12.6 Å². The van der Waals surface area contributed by atoms with E-state index in [4.69, 9.17) is 0 Å². The van der Waals surface area contributed by atoms with Crippen molar-refractivity contribution in [3.05, 3.63) is 29.8 Å². The highest BCUT2D eigenvalue weighted by molar-refractivity contribution is 6.01. The number of nitrogens with zero attached hydrogens (tertiary/aromatic N) is 3. The number of hydrogen-bond acceptors (Lipinski definition) is 5. The molecule has 0 bridgehead atoms. The fourth-order valence-electron chi connectivity index (χ4n) is 4.53. The Kier molecular flexibility index (Phi) is 7.34. The summed E-state index contributed by atoms with van der Waals surface area (Å²) in [5.41, 5.74) is 1.32. The Balaban J connectivity index is 1.76. The molecule has 2 heterocycles. The molecule has 2 aliphatic rings. The van der Waals surface area contributed by atoms with Crippen LogP contribution in [0.2, 0.25) is 0 Å². The van der Waals surface area contributed by atoms with E-state index in [-0.39, 0.29) is 18.9 Å². The van der Waals surface area contributed by atoms with Crippen molar-refractivity contribution in [3.8, 4) is 0 Å². The molecule has 0 radical (unpaired) electrons. The zero-order chi connectivity index (χ0) is 24.4. The molecule has 0 spiro atoms. The molecule has 8 nitrogen and oxygen atoms in total. The highest BCUT2D eigenvalue weighted by atomic mass is 19.3. The van der Waals surface area contributed by atoms with Gasteiger partial charge in [0.25, 0.3) is 11.8 Å². The number of alkyl halides is 2. The minimum Gasteiger partial charge on any atom is -0.378 e. The van der Waals surface area contributed by atoms with Gasteiger partial charge < -0.3 is 20.0 Å². The van der Waals surface area contributed by atoms with Crippen molar-refractivity contribution in [1.29, 1.82) is 0 Å². The van der Waals surface area contributed by atoms with Gasteiger partial charge in [0.15, 0.2) is 5.78 Å². The summed E-state index contributed by atoms with van der Waals surface area (Å²) in [6, 6.07) is 4.35. The normalized spacial score (nSPS) is 20.9. The number of benzene rings is 1. The zero-order valence-corrected chi connectivity index (χ0v) is 19.3. The number of fused-ring (bicyclic) bond motifs is 1. The molecule has 1 aromatic carbocycles. The molecule has 3 atom stereocenters. The average molecular weight is 465 g/mol. The molecule has 3 rings (SSSR count). The van der Waals surface area contributed by atoms with E-state index in [1.807, 2.05) is 32.8 Å². The van der Waals surface area contributed by atoms with Gasteiger partial charge in [-0.3, -0.25) is 19.2 Å². The molecule has 1 aromatic rings. The molecule has 10 heteroatoms. The molecular formula is C23H30F2N4O4. The first-order valence-electron chi connectivity index (χ1n) is 11.0. The van der Waals surface area contributed by atoms with Gasteiger partial charge in [0.1, 0.15) is 12.1 Å². The maximum absolute atomic E-state index is 13.4. The maximum Gasteiger partial charge on any atom is 0.315 e. The van der Waals surface area contributed by atoms with Crippen LogP contribution in [0.4, 0.5) is 14.5 Å². The van der Waals surface area contributed by atoms with E-state index < -0.39 is 54.6 Å². The number of nitrogens with one attached hydrogen (secondary N) is 1. The molecule has 0 saturated carbocycles. The minimum atomic E-state index is -3.20. The Hall–Kier alpha value is -3.04. The molecule has 2 fully saturated rings. The monoisotopic (exact) mass is 464 g/mol. The van der Waals surface area contributed by atoms with Crippen LogP contribution in [0, 0.1) is 5.92 Å². The first-order valence-corrected chi connectivity index (χ1v) is 11.0. The number of rotatable bonds is 7. The number of halogens is 2. The van der Waals surface area contributed by atoms with Gasteiger partial charge in [-0.25, -0.2) is 0 Å². The largest absolute Gasteiger partial charge is 0.378 e. The van der Waals surface area contributed by atoms with Crippen LogP contribution in [0.15, 0.2) is 24.3 Å². The fourth-order valence-corrected chi connectivity index (χ4v) is 4.53. The molecule has 0 aromatic heterocycles. The van der Waals surface area contributed by atoms with Crippen LogP contribution in [-0.4, -0.2) is 85.0 Å². The molecule has 2 saturated heterocycles. The third-order valence-electron chi connectivity index (χ3n) is 6.13. The second-order valence-corrected chi connectivity index (χ2v) is 9.16. The Morgan fingerprint density at radius 1 is 1.09 bits per heavy atom. The van der Waals surface area contributed by atoms with E-state index >= 15 is 0 Å². The van der Waals surface area contributed by atoms with Crippen LogP contribution in [0.5, 0.6) is 0 Å². The van der Waals surface area contributed by atoms with Gasteiger partial charge in [-0.05, 0) is 43.0 Å². The van der Waals surface area contributed by atoms with Crippen molar-refractivity contribution in [1.82, 2.24) is 15.1 Å². The Morgan fingerprint density at radius 2 is 1.73 bits per heavy atom. The van der Waals surface area contributed by atoms with Crippen LogP contribution in [0.3, 0.4) is 0 Å². The van der Waals surface area contributed by atoms with Crippen LogP contribution in [0.1, 0.15) is 37.0 Å². The van der Waals surface area contributed by atoms with E-state index in [0.717, 1.165) is 10.6 Å². The van der Waals surface area contributed by atoms with E-state index in [0.29, 0.717) is 12.0 Å². The number of amides is 3. The molecule has 1 unspecified atom stereocenters. The predicted octanol–water partition coefficient (Wildman–Crippen LogP) is 1.54. The lowest BCUT2D eigenvalue weighted by Gasteiger charge is -2.29. The van der Waals surface area contributed by atoms with Crippen molar-refractivity contribution in [2.24, 2.45) is 5.92 Å². The second kappa shape index (κ2) is 9.84. The summed E-state index contributed by atoms with van der Waals surface area (Å²) >= 11 is 0.